The third kappa shape index (κ3) is 4.88. The van der Waals surface area contributed by atoms with Crippen molar-refractivity contribution in [3.05, 3.63) is 36.0 Å². The predicted molar refractivity (Wildman–Crippen MR) is 105 cm³/mol. The van der Waals surface area contributed by atoms with E-state index in [9.17, 15) is 13.2 Å². The molecule has 0 aliphatic carbocycles. The van der Waals surface area contributed by atoms with Crippen LogP contribution in [-0.2, 0) is 26.0 Å². The Bertz CT molecular complexity index is 891. The number of fused-ring (bicyclic) bond motifs is 1. The van der Waals surface area contributed by atoms with Gasteiger partial charge in [0.15, 0.2) is 0 Å². The lowest BCUT2D eigenvalue weighted by molar-refractivity contribution is -0.122. The molecule has 0 spiro atoms. The number of rotatable bonds is 8. The second kappa shape index (κ2) is 8.41. The van der Waals surface area contributed by atoms with Crippen LogP contribution < -0.4 is 5.32 Å². The van der Waals surface area contributed by atoms with Crippen molar-refractivity contribution in [2.45, 2.75) is 25.3 Å². The summed E-state index contributed by atoms with van der Waals surface area (Å²) in [4.78, 5) is 15.5. The molecule has 1 aliphatic heterocycles. The molecule has 8 heteroatoms. The van der Waals surface area contributed by atoms with E-state index in [0.29, 0.717) is 19.6 Å². The molecular weight excluding hydrogens is 366 g/mol. The number of H-pyrrole nitrogens is 1. The minimum Gasteiger partial charge on any atom is -0.379 e. The standard InChI is InChI=1S/C19H27N3O4S/c1-22(2)27(24,25)13-15-11-26-12-18(15)21-19(23)9-5-6-14-10-20-17-8-4-3-7-16(14)17/h3-4,7-8,10,15,18,20H,5-6,9,11-13H2,1-2H3,(H,21,23)/t15-,18+/m0/s1. The van der Waals surface area contributed by atoms with Crippen molar-refractivity contribution in [3.8, 4) is 0 Å². The number of amides is 1. The lowest BCUT2D eigenvalue weighted by Gasteiger charge is -2.21. The summed E-state index contributed by atoms with van der Waals surface area (Å²) in [6.07, 6.45) is 3.96. The number of nitrogens with zero attached hydrogens (tertiary/aromatic N) is 1. The van der Waals surface area contributed by atoms with Crippen LogP contribution in [0.2, 0.25) is 0 Å². The zero-order valence-electron chi connectivity index (χ0n) is 15.8. The molecule has 1 saturated heterocycles. The van der Waals surface area contributed by atoms with Gasteiger partial charge in [-0.05, 0) is 24.5 Å². The Labute approximate surface area is 160 Å². The molecule has 2 N–H and O–H groups in total. The maximum atomic E-state index is 12.3. The van der Waals surface area contributed by atoms with E-state index in [0.717, 1.165) is 18.4 Å². The molecular formula is C19H27N3O4S. The van der Waals surface area contributed by atoms with Gasteiger partial charge in [0.25, 0.3) is 0 Å². The number of para-hydroxylation sites is 1. The molecule has 148 valence electrons. The van der Waals surface area contributed by atoms with Crippen molar-refractivity contribution < 1.29 is 17.9 Å². The van der Waals surface area contributed by atoms with Crippen LogP contribution in [0.1, 0.15) is 18.4 Å². The van der Waals surface area contributed by atoms with Gasteiger partial charge in [-0.2, -0.15) is 0 Å². The molecule has 3 rings (SSSR count). The van der Waals surface area contributed by atoms with Gasteiger partial charge in [0.05, 0.1) is 25.0 Å². The van der Waals surface area contributed by atoms with Crippen LogP contribution in [0.5, 0.6) is 0 Å². The molecule has 7 nitrogen and oxygen atoms in total. The first-order valence-electron chi connectivity index (χ1n) is 9.19. The fourth-order valence-electron chi connectivity index (χ4n) is 3.40. The molecule has 1 aromatic carbocycles. The molecule has 1 aliphatic rings. The van der Waals surface area contributed by atoms with Crippen LogP contribution in [0.15, 0.2) is 30.5 Å². The van der Waals surface area contributed by atoms with Gasteiger partial charge in [-0.1, -0.05) is 18.2 Å². The number of sulfonamides is 1. The van der Waals surface area contributed by atoms with Crippen LogP contribution in [-0.4, -0.2) is 62.7 Å². The van der Waals surface area contributed by atoms with E-state index in [4.69, 9.17) is 4.74 Å². The average molecular weight is 394 g/mol. The van der Waals surface area contributed by atoms with Crippen LogP contribution in [0.3, 0.4) is 0 Å². The van der Waals surface area contributed by atoms with Crippen molar-refractivity contribution in [2.24, 2.45) is 5.92 Å². The summed E-state index contributed by atoms with van der Waals surface area (Å²) in [6.45, 7) is 0.717. The number of aryl methyl sites for hydroxylation is 1. The number of hydrogen-bond acceptors (Lipinski definition) is 4. The van der Waals surface area contributed by atoms with E-state index in [1.54, 1.807) is 0 Å². The molecule has 0 saturated carbocycles. The first-order valence-corrected chi connectivity index (χ1v) is 10.8. The van der Waals surface area contributed by atoms with Gasteiger partial charge in [0.2, 0.25) is 15.9 Å². The van der Waals surface area contributed by atoms with Crippen LogP contribution in [0, 0.1) is 5.92 Å². The number of benzene rings is 1. The quantitative estimate of drug-likeness (QED) is 0.711. The first kappa shape index (κ1) is 19.9. The number of carbonyl (C=O) groups excluding carboxylic acids is 1. The molecule has 27 heavy (non-hydrogen) atoms. The second-order valence-corrected chi connectivity index (χ2v) is 9.47. The van der Waals surface area contributed by atoms with Crippen LogP contribution in [0.25, 0.3) is 10.9 Å². The van der Waals surface area contributed by atoms with Gasteiger partial charge in [-0.25, -0.2) is 12.7 Å². The van der Waals surface area contributed by atoms with Crippen LogP contribution in [0.4, 0.5) is 0 Å². The summed E-state index contributed by atoms with van der Waals surface area (Å²) in [5.74, 6) is -0.284. The molecule has 1 fully saturated rings. The normalized spacial score (nSPS) is 20.4. The fraction of sp³-hybridized carbons (Fsp3) is 0.526. The zero-order valence-corrected chi connectivity index (χ0v) is 16.6. The third-order valence-electron chi connectivity index (χ3n) is 5.05. The van der Waals surface area contributed by atoms with Crippen LogP contribution >= 0.6 is 0 Å². The van der Waals surface area contributed by atoms with Gasteiger partial charge < -0.3 is 15.0 Å². The Hall–Kier alpha value is -1.90. The highest BCUT2D eigenvalue weighted by atomic mass is 32.2. The summed E-state index contributed by atoms with van der Waals surface area (Å²) in [6, 6.07) is 7.86. The second-order valence-electron chi connectivity index (χ2n) is 7.25. The number of ether oxygens (including phenoxy) is 1. The van der Waals surface area contributed by atoms with E-state index in [2.05, 4.69) is 16.4 Å². The minimum atomic E-state index is -3.32. The average Bonchev–Trinajstić information content (AvgIpc) is 3.22. The summed E-state index contributed by atoms with van der Waals surface area (Å²) in [5, 5.41) is 4.14. The fourth-order valence-corrected chi connectivity index (χ4v) is 4.57. The summed E-state index contributed by atoms with van der Waals surface area (Å²) in [7, 11) is -0.285. The number of aromatic nitrogens is 1. The van der Waals surface area contributed by atoms with Crippen molar-refractivity contribution in [1.29, 1.82) is 0 Å². The van der Waals surface area contributed by atoms with E-state index >= 15 is 0 Å². The third-order valence-corrected chi connectivity index (χ3v) is 7.01. The first-order chi connectivity index (χ1) is 12.9. The van der Waals surface area contributed by atoms with Gasteiger partial charge in [0, 0.05) is 43.5 Å². The minimum absolute atomic E-state index is 0.0136. The molecule has 0 bridgehead atoms. The summed E-state index contributed by atoms with van der Waals surface area (Å²) >= 11 is 0. The molecule has 2 aromatic rings. The number of hydrogen-bond donors (Lipinski definition) is 2. The van der Waals surface area contributed by atoms with Crippen molar-refractivity contribution in [3.63, 3.8) is 0 Å². The molecule has 2 atom stereocenters. The Balaban J connectivity index is 1.48. The lowest BCUT2D eigenvalue weighted by atomic mass is 10.0. The Morgan fingerprint density at radius 2 is 2.07 bits per heavy atom. The Morgan fingerprint density at radius 3 is 2.85 bits per heavy atom. The lowest BCUT2D eigenvalue weighted by Crippen LogP contribution is -2.43. The smallest absolute Gasteiger partial charge is 0.220 e. The Morgan fingerprint density at radius 1 is 1.30 bits per heavy atom. The summed E-state index contributed by atoms with van der Waals surface area (Å²) < 4.78 is 30.8. The maximum absolute atomic E-state index is 12.3. The van der Waals surface area contributed by atoms with E-state index < -0.39 is 10.0 Å². The molecule has 2 heterocycles. The van der Waals surface area contributed by atoms with Gasteiger partial charge in [-0.3, -0.25) is 4.79 Å². The molecule has 0 unspecified atom stereocenters. The molecule has 1 amide bonds. The monoisotopic (exact) mass is 393 g/mol. The highest BCUT2D eigenvalue weighted by Gasteiger charge is 2.33. The Kier molecular flexibility index (Phi) is 6.18. The zero-order chi connectivity index (χ0) is 19.4. The number of carbonyl (C=O) groups is 1. The van der Waals surface area contributed by atoms with Gasteiger partial charge in [0.1, 0.15) is 0 Å². The highest BCUT2D eigenvalue weighted by Crippen LogP contribution is 2.20. The number of aromatic amines is 1. The number of nitrogens with one attached hydrogen (secondary N) is 2. The molecule has 1 aromatic heterocycles. The van der Waals surface area contributed by atoms with Crippen molar-refractivity contribution >= 4 is 26.8 Å². The van der Waals surface area contributed by atoms with Crippen molar-refractivity contribution in [1.82, 2.24) is 14.6 Å². The van der Waals surface area contributed by atoms with E-state index in [-0.39, 0.29) is 23.6 Å². The predicted octanol–water partition coefficient (Wildman–Crippen LogP) is 1.51. The summed E-state index contributed by atoms with van der Waals surface area (Å²) in [5.41, 5.74) is 2.31. The van der Waals surface area contributed by atoms with Gasteiger partial charge >= 0.3 is 0 Å². The van der Waals surface area contributed by atoms with E-state index in [1.165, 1.54) is 29.4 Å². The largest absolute Gasteiger partial charge is 0.379 e. The highest BCUT2D eigenvalue weighted by molar-refractivity contribution is 7.89. The van der Waals surface area contributed by atoms with E-state index in [1.807, 2.05) is 24.4 Å². The van der Waals surface area contributed by atoms with Gasteiger partial charge in [-0.15, -0.1) is 0 Å². The maximum Gasteiger partial charge on any atom is 0.220 e. The SMILES string of the molecule is CN(C)S(=O)(=O)C[C@@H]1COC[C@H]1NC(=O)CCCc1c[nH]c2ccccc12. The topological polar surface area (TPSA) is 91.5 Å². The molecule has 0 radical (unpaired) electrons. The van der Waals surface area contributed by atoms with Crippen molar-refractivity contribution in [2.75, 3.05) is 33.1 Å².